The van der Waals surface area contributed by atoms with Crippen molar-refractivity contribution >= 4 is 22.0 Å². The number of ether oxygens (including phenoxy) is 1. The average Bonchev–Trinajstić information content (AvgIpc) is 3.49. The van der Waals surface area contributed by atoms with Crippen molar-refractivity contribution in [1.29, 1.82) is 0 Å². The van der Waals surface area contributed by atoms with Crippen LogP contribution in [0.3, 0.4) is 0 Å². The summed E-state index contributed by atoms with van der Waals surface area (Å²) in [5.74, 6) is -0.304. The highest BCUT2D eigenvalue weighted by molar-refractivity contribution is 7.89. The van der Waals surface area contributed by atoms with Crippen LogP contribution in [-0.4, -0.2) is 50.7 Å². The van der Waals surface area contributed by atoms with E-state index in [1.165, 1.54) is 11.0 Å². The number of carbonyl (C=O) groups excluding carboxylic acids is 2. The minimum atomic E-state index is -3.58. The van der Waals surface area contributed by atoms with Crippen LogP contribution >= 0.6 is 0 Å². The maximum Gasteiger partial charge on any atom is 0.324 e. The molecule has 0 aromatic heterocycles. The Morgan fingerprint density at radius 3 is 2.74 bits per heavy atom. The summed E-state index contributed by atoms with van der Waals surface area (Å²) in [6.45, 7) is 2.57. The second-order valence-corrected chi connectivity index (χ2v) is 9.71. The molecule has 1 saturated carbocycles. The van der Waals surface area contributed by atoms with Crippen molar-refractivity contribution < 1.29 is 27.1 Å². The second-order valence-electron chi connectivity index (χ2n) is 7.84. The fraction of sp³-hybridized carbons (Fsp3) is 0.524. The molecular formula is C21H28FN3O5S. The molecule has 8 nitrogen and oxygen atoms in total. The van der Waals surface area contributed by atoms with Gasteiger partial charge in [0.1, 0.15) is 6.54 Å². The smallest absolute Gasteiger partial charge is 0.324 e. The zero-order valence-electron chi connectivity index (χ0n) is 17.5. The Balaban J connectivity index is 1.51. The maximum absolute atomic E-state index is 14.0. The molecule has 2 aliphatic rings. The molecule has 1 atom stereocenters. The van der Waals surface area contributed by atoms with Gasteiger partial charge in [-0.05, 0) is 49.3 Å². The zero-order chi connectivity index (χ0) is 22.4. The van der Waals surface area contributed by atoms with Crippen molar-refractivity contribution in [2.45, 2.75) is 38.6 Å². The number of carbonyl (C=O) groups is 2. The third-order valence-electron chi connectivity index (χ3n) is 5.17. The summed E-state index contributed by atoms with van der Waals surface area (Å²) in [5, 5.41) is 2.18. The van der Waals surface area contributed by atoms with E-state index in [1.807, 2.05) is 6.92 Å². The number of sulfonamides is 1. The Morgan fingerprint density at radius 2 is 2.10 bits per heavy atom. The fourth-order valence-corrected chi connectivity index (χ4v) is 4.48. The van der Waals surface area contributed by atoms with Gasteiger partial charge in [-0.15, -0.1) is 0 Å². The van der Waals surface area contributed by atoms with Gasteiger partial charge in [-0.25, -0.2) is 22.3 Å². The van der Waals surface area contributed by atoms with Crippen LogP contribution in [0.15, 0.2) is 30.4 Å². The number of imide groups is 1. The third-order valence-corrected chi connectivity index (χ3v) is 6.59. The fourth-order valence-electron chi connectivity index (χ4n) is 3.18. The second kappa shape index (κ2) is 10.2. The first-order valence-electron chi connectivity index (χ1n) is 10.4. The Bertz CT molecular complexity index is 946. The first-order valence-corrected chi connectivity index (χ1v) is 12.1. The molecule has 1 saturated heterocycles. The molecule has 3 rings (SSSR count). The normalized spacial score (nSPS) is 17.9. The highest BCUT2D eigenvalue weighted by Gasteiger charge is 2.25. The molecule has 31 heavy (non-hydrogen) atoms. The Hall–Kier alpha value is -2.46. The summed E-state index contributed by atoms with van der Waals surface area (Å²) in [6, 6.07) is 3.50. The Kier molecular flexibility index (Phi) is 7.66. The first kappa shape index (κ1) is 23.2. The summed E-state index contributed by atoms with van der Waals surface area (Å²) in [5.41, 5.74) is 0.651. The van der Waals surface area contributed by atoms with Gasteiger partial charge in [0.25, 0.3) is 0 Å². The number of nitrogens with zero attached hydrogens (tertiary/aromatic N) is 1. The standard InChI is InChI=1S/C21H28FN3O5S/c1-2-18(16-8-9-17(22)19(12-16)30-14-15-6-7-15)24-31(28,29)11-5-3-4-10-25-13-20(26)23-21(25)27/h3-4,8-9,12,15,18,24H,2,5-7,10-11,13-14H2,1H3,(H,23,26,27)/b4-3+. The topological polar surface area (TPSA) is 105 Å². The molecule has 1 aromatic rings. The lowest BCUT2D eigenvalue weighted by atomic mass is 10.1. The highest BCUT2D eigenvalue weighted by atomic mass is 32.2. The number of allylic oxidation sites excluding steroid dienone is 1. The molecule has 0 spiro atoms. The van der Waals surface area contributed by atoms with Crippen LogP contribution in [0.5, 0.6) is 5.75 Å². The van der Waals surface area contributed by atoms with E-state index in [1.54, 1.807) is 24.3 Å². The van der Waals surface area contributed by atoms with Gasteiger partial charge in [0.15, 0.2) is 11.6 Å². The van der Waals surface area contributed by atoms with Crippen LogP contribution in [0.2, 0.25) is 0 Å². The molecule has 1 aromatic carbocycles. The van der Waals surface area contributed by atoms with Crippen LogP contribution in [0.4, 0.5) is 9.18 Å². The van der Waals surface area contributed by atoms with Crippen molar-refractivity contribution in [1.82, 2.24) is 14.9 Å². The number of hydrogen-bond acceptors (Lipinski definition) is 5. The van der Waals surface area contributed by atoms with Gasteiger partial charge in [0.05, 0.1) is 12.4 Å². The average molecular weight is 454 g/mol. The minimum Gasteiger partial charge on any atom is -0.490 e. The number of benzene rings is 1. The number of urea groups is 1. The summed E-state index contributed by atoms with van der Waals surface area (Å²) < 4.78 is 47.2. The molecule has 10 heteroatoms. The van der Waals surface area contributed by atoms with E-state index in [4.69, 9.17) is 4.74 Å². The van der Waals surface area contributed by atoms with Gasteiger partial charge in [-0.2, -0.15) is 0 Å². The summed E-state index contributed by atoms with van der Waals surface area (Å²) in [4.78, 5) is 23.9. The molecular weight excluding hydrogens is 425 g/mol. The predicted molar refractivity (Wildman–Crippen MR) is 113 cm³/mol. The largest absolute Gasteiger partial charge is 0.490 e. The van der Waals surface area contributed by atoms with Gasteiger partial charge in [-0.1, -0.05) is 25.1 Å². The molecule has 0 bridgehead atoms. The molecule has 170 valence electrons. The van der Waals surface area contributed by atoms with E-state index in [0.29, 0.717) is 24.5 Å². The zero-order valence-corrected chi connectivity index (χ0v) is 18.3. The van der Waals surface area contributed by atoms with Gasteiger partial charge in [-0.3, -0.25) is 10.1 Å². The molecule has 3 amide bonds. The van der Waals surface area contributed by atoms with Gasteiger partial charge >= 0.3 is 6.03 Å². The van der Waals surface area contributed by atoms with E-state index in [0.717, 1.165) is 12.8 Å². The van der Waals surface area contributed by atoms with Crippen LogP contribution < -0.4 is 14.8 Å². The van der Waals surface area contributed by atoms with Gasteiger partial charge in [0, 0.05) is 12.6 Å². The molecule has 2 fully saturated rings. The lowest BCUT2D eigenvalue weighted by Crippen LogP contribution is -2.30. The van der Waals surface area contributed by atoms with Crippen molar-refractivity contribution in [3.05, 3.63) is 41.7 Å². The van der Waals surface area contributed by atoms with E-state index in [-0.39, 0.29) is 36.9 Å². The molecule has 0 radical (unpaired) electrons. The van der Waals surface area contributed by atoms with E-state index in [9.17, 15) is 22.4 Å². The van der Waals surface area contributed by atoms with Crippen LogP contribution in [0.25, 0.3) is 0 Å². The number of nitrogens with one attached hydrogen (secondary N) is 2. The Labute approximate surface area is 181 Å². The molecule has 2 N–H and O–H groups in total. The molecule has 1 aliphatic carbocycles. The summed E-state index contributed by atoms with van der Waals surface area (Å²) in [7, 11) is -3.58. The maximum atomic E-state index is 14.0. The van der Waals surface area contributed by atoms with Crippen LogP contribution in [-0.2, 0) is 14.8 Å². The number of hydrogen-bond donors (Lipinski definition) is 2. The molecule has 1 heterocycles. The van der Waals surface area contributed by atoms with Crippen LogP contribution in [0.1, 0.15) is 44.2 Å². The van der Waals surface area contributed by atoms with E-state index < -0.39 is 27.9 Å². The molecule has 1 aliphatic heterocycles. The lowest BCUT2D eigenvalue weighted by Gasteiger charge is -2.18. The SMILES string of the molecule is CCC(NS(=O)(=O)CC/C=C/CN1CC(=O)NC1=O)c1ccc(F)c(OCC2CC2)c1. The minimum absolute atomic E-state index is 0.00519. The monoisotopic (exact) mass is 453 g/mol. The summed E-state index contributed by atoms with van der Waals surface area (Å²) in [6.07, 6.45) is 6.27. The van der Waals surface area contributed by atoms with Gasteiger partial charge in [0.2, 0.25) is 15.9 Å². The number of rotatable bonds is 12. The van der Waals surface area contributed by atoms with Gasteiger partial charge < -0.3 is 9.64 Å². The third kappa shape index (κ3) is 7.03. The van der Waals surface area contributed by atoms with Crippen molar-refractivity contribution in [3.63, 3.8) is 0 Å². The van der Waals surface area contributed by atoms with Crippen molar-refractivity contribution in [2.24, 2.45) is 5.92 Å². The quantitative estimate of drug-likeness (QED) is 0.374. The van der Waals surface area contributed by atoms with Crippen molar-refractivity contribution in [3.8, 4) is 5.75 Å². The van der Waals surface area contributed by atoms with Crippen LogP contribution in [0, 0.1) is 11.7 Å². The van der Waals surface area contributed by atoms with E-state index >= 15 is 0 Å². The van der Waals surface area contributed by atoms with Crippen molar-refractivity contribution in [2.75, 3.05) is 25.4 Å². The Morgan fingerprint density at radius 1 is 1.32 bits per heavy atom. The highest BCUT2D eigenvalue weighted by Crippen LogP contribution is 2.31. The summed E-state index contributed by atoms with van der Waals surface area (Å²) >= 11 is 0. The lowest BCUT2D eigenvalue weighted by molar-refractivity contribution is -0.118. The number of amides is 3. The molecule has 1 unspecified atom stereocenters. The first-order chi connectivity index (χ1) is 14.8. The van der Waals surface area contributed by atoms with E-state index in [2.05, 4.69) is 10.0 Å². The predicted octanol–water partition coefficient (Wildman–Crippen LogP) is 2.48. The number of halogens is 1.